The van der Waals surface area contributed by atoms with Gasteiger partial charge in [0.15, 0.2) is 0 Å². The van der Waals surface area contributed by atoms with Crippen LogP contribution in [0, 0.1) is 0 Å². The van der Waals surface area contributed by atoms with Crippen molar-refractivity contribution in [2.24, 2.45) is 0 Å². The van der Waals surface area contributed by atoms with Crippen LogP contribution in [0.15, 0.2) is 47.2 Å². The number of hydrogen-bond acceptors (Lipinski definition) is 4. The molecule has 3 rings (SSSR count). The van der Waals surface area contributed by atoms with Crippen molar-refractivity contribution >= 4 is 16.9 Å². The Balaban J connectivity index is 2.34. The third-order valence-electron chi connectivity index (χ3n) is 2.63. The number of fused-ring (bicyclic) bond motifs is 1. The summed E-state index contributed by atoms with van der Waals surface area (Å²) in [6.07, 6.45) is 1.39. The molecule has 0 aliphatic carbocycles. The van der Waals surface area contributed by atoms with E-state index in [1.54, 1.807) is 12.1 Å². The van der Waals surface area contributed by atoms with E-state index in [0.29, 0.717) is 11.4 Å². The number of carboxylic acids is 1. The smallest absolute Gasteiger partial charge is 0.338 e. The Bertz CT molecular complexity index is 720. The molecule has 0 saturated heterocycles. The zero-order chi connectivity index (χ0) is 12.5. The van der Waals surface area contributed by atoms with Crippen molar-refractivity contribution < 1.29 is 14.4 Å². The number of nitrogens with zero attached hydrogens (tertiary/aromatic N) is 2. The molecule has 5 nitrogen and oxygen atoms in total. The highest BCUT2D eigenvalue weighted by Gasteiger charge is 2.16. The first kappa shape index (κ1) is 10.5. The number of rotatable bonds is 2. The van der Waals surface area contributed by atoms with Gasteiger partial charge in [0, 0.05) is 11.5 Å². The molecule has 0 unspecified atom stereocenters. The highest BCUT2D eigenvalue weighted by molar-refractivity contribution is 5.98. The normalized spacial score (nSPS) is 10.7. The fourth-order valence-corrected chi connectivity index (χ4v) is 1.81. The average molecular weight is 240 g/mol. The molecule has 0 spiro atoms. The summed E-state index contributed by atoms with van der Waals surface area (Å²) in [4.78, 5) is 15.6. The second-order valence-electron chi connectivity index (χ2n) is 3.77. The van der Waals surface area contributed by atoms with Gasteiger partial charge in [0.1, 0.15) is 17.7 Å². The topological polar surface area (TPSA) is 76.2 Å². The lowest BCUT2D eigenvalue weighted by Gasteiger charge is -2.04. The van der Waals surface area contributed by atoms with Crippen LogP contribution in [-0.2, 0) is 0 Å². The summed E-state index contributed by atoms with van der Waals surface area (Å²) in [5.74, 6) is -1.04. The number of benzene rings is 1. The van der Waals surface area contributed by atoms with Gasteiger partial charge in [-0.2, -0.15) is 0 Å². The molecule has 0 radical (unpaired) electrons. The maximum Gasteiger partial charge on any atom is 0.338 e. The lowest BCUT2D eigenvalue weighted by Crippen LogP contribution is -2.02. The Kier molecular flexibility index (Phi) is 2.30. The first-order chi connectivity index (χ1) is 8.75. The summed E-state index contributed by atoms with van der Waals surface area (Å²) in [6.45, 7) is 0. The molecule has 0 atom stereocenters. The van der Waals surface area contributed by atoms with Gasteiger partial charge in [-0.25, -0.2) is 9.78 Å². The van der Waals surface area contributed by atoms with E-state index in [-0.39, 0.29) is 5.56 Å². The molecule has 2 aromatic heterocycles. The van der Waals surface area contributed by atoms with Crippen LogP contribution in [0.4, 0.5) is 0 Å². The summed E-state index contributed by atoms with van der Waals surface area (Å²) in [6, 6.07) is 10.5. The molecule has 1 N–H and O–H groups in total. The Morgan fingerprint density at radius 3 is 2.78 bits per heavy atom. The highest BCUT2D eigenvalue weighted by atomic mass is 16.5. The lowest BCUT2D eigenvalue weighted by atomic mass is 10.1. The minimum atomic E-state index is -1.04. The van der Waals surface area contributed by atoms with Gasteiger partial charge in [0.25, 0.3) is 0 Å². The molecule has 3 aromatic rings. The minimum Gasteiger partial charge on any atom is -0.478 e. The van der Waals surface area contributed by atoms with Crippen molar-refractivity contribution in [3.63, 3.8) is 0 Å². The number of pyridine rings is 1. The van der Waals surface area contributed by atoms with E-state index in [9.17, 15) is 9.90 Å². The van der Waals surface area contributed by atoms with Crippen LogP contribution in [0.25, 0.3) is 22.3 Å². The molecule has 88 valence electrons. The predicted molar refractivity (Wildman–Crippen MR) is 64.2 cm³/mol. The molecule has 5 heteroatoms. The quantitative estimate of drug-likeness (QED) is 0.745. The van der Waals surface area contributed by atoms with Gasteiger partial charge in [-0.15, -0.1) is 0 Å². The molecule has 0 aliphatic heterocycles. The van der Waals surface area contributed by atoms with E-state index in [1.165, 1.54) is 6.26 Å². The molecule has 1 aromatic carbocycles. The van der Waals surface area contributed by atoms with Gasteiger partial charge < -0.3 is 9.63 Å². The van der Waals surface area contributed by atoms with Gasteiger partial charge in [-0.05, 0) is 12.1 Å². The standard InChI is InChI=1S/C13H8N2O3/c16-13(17)9-7-8-3-1-2-4-10(8)14-12(9)11-5-6-18-15-11/h1-7H,(H,16,17). The molecule has 2 heterocycles. The van der Waals surface area contributed by atoms with Crippen molar-refractivity contribution in [1.29, 1.82) is 0 Å². The largest absolute Gasteiger partial charge is 0.478 e. The SMILES string of the molecule is O=C(O)c1cc2ccccc2nc1-c1ccon1. The van der Waals surface area contributed by atoms with Gasteiger partial charge in [0.2, 0.25) is 0 Å². The summed E-state index contributed by atoms with van der Waals surface area (Å²) >= 11 is 0. The van der Waals surface area contributed by atoms with Crippen LogP contribution in [-0.4, -0.2) is 21.2 Å². The number of para-hydroxylation sites is 1. The van der Waals surface area contributed by atoms with Crippen LogP contribution in [0.2, 0.25) is 0 Å². The third kappa shape index (κ3) is 1.62. The Labute approximate surface area is 102 Å². The fourth-order valence-electron chi connectivity index (χ4n) is 1.81. The summed E-state index contributed by atoms with van der Waals surface area (Å²) in [7, 11) is 0. The second kappa shape index (κ2) is 3.96. The van der Waals surface area contributed by atoms with Crippen LogP contribution in [0.1, 0.15) is 10.4 Å². The van der Waals surface area contributed by atoms with Crippen molar-refractivity contribution in [3.8, 4) is 11.4 Å². The van der Waals surface area contributed by atoms with E-state index in [4.69, 9.17) is 4.52 Å². The van der Waals surface area contributed by atoms with Gasteiger partial charge in [0.05, 0.1) is 11.1 Å². The Hall–Kier alpha value is -2.69. The van der Waals surface area contributed by atoms with Crippen LogP contribution in [0.3, 0.4) is 0 Å². The van der Waals surface area contributed by atoms with Gasteiger partial charge >= 0.3 is 5.97 Å². The first-order valence-corrected chi connectivity index (χ1v) is 5.29. The second-order valence-corrected chi connectivity index (χ2v) is 3.77. The van der Waals surface area contributed by atoms with Crippen LogP contribution >= 0.6 is 0 Å². The molecular weight excluding hydrogens is 232 g/mol. The first-order valence-electron chi connectivity index (χ1n) is 5.29. The maximum atomic E-state index is 11.3. The van der Waals surface area contributed by atoms with Crippen molar-refractivity contribution in [3.05, 3.63) is 48.2 Å². The lowest BCUT2D eigenvalue weighted by molar-refractivity contribution is 0.0697. The van der Waals surface area contributed by atoms with Crippen molar-refractivity contribution in [1.82, 2.24) is 10.1 Å². The number of aromatic carboxylic acids is 1. The van der Waals surface area contributed by atoms with Gasteiger partial charge in [-0.1, -0.05) is 23.4 Å². The number of carbonyl (C=O) groups is 1. The minimum absolute atomic E-state index is 0.114. The molecule has 0 amide bonds. The third-order valence-corrected chi connectivity index (χ3v) is 2.63. The molecular formula is C13H8N2O3. The summed E-state index contributed by atoms with van der Waals surface area (Å²) in [5.41, 5.74) is 1.57. The molecule has 0 fully saturated rings. The summed E-state index contributed by atoms with van der Waals surface area (Å²) in [5, 5.41) is 13.7. The van der Waals surface area contributed by atoms with Crippen LogP contribution < -0.4 is 0 Å². The molecule has 0 aliphatic rings. The summed E-state index contributed by atoms with van der Waals surface area (Å²) < 4.78 is 4.73. The Morgan fingerprint density at radius 2 is 2.06 bits per heavy atom. The number of hydrogen-bond donors (Lipinski definition) is 1. The predicted octanol–water partition coefficient (Wildman–Crippen LogP) is 2.59. The fraction of sp³-hybridized carbons (Fsp3) is 0. The van der Waals surface area contributed by atoms with Crippen LogP contribution in [0.5, 0.6) is 0 Å². The highest BCUT2D eigenvalue weighted by Crippen LogP contribution is 2.24. The monoisotopic (exact) mass is 240 g/mol. The van der Waals surface area contributed by atoms with Crippen molar-refractivity contribution in [2.75, 3.05) is 0 Å². The van der Waals surface area contributed by atoms with E-state index < -0.39 is 5.97 Å². The van der Waals surface area contributed by atoms with E-state index in [0.717, 1.165) is 10.9 Å². The molecule has 0 bridgehead atoms. The molecule has 18 heavy (non-hydrogen) atoms. The van der Waals surface area contributed by atoms with E-state index >= 15 is 0 Å². The maximum absolute atomic E-state index is 11.3. The van der Waals surface area contributed by atoms with E-state index in [1.807, 2.05) is 24.3 Å². The number of carboxylic acid groups (broad SMARTS) is 1. The number of aromatic nitrogens is 2. The van der Waals surface area contributed by atoms with E-state index in [2.05, 4.69) is 10.1 Å². The van der Waals surface area contributed by atoms with Gasteiger partial charge in [-0.3, -0.25) is 0 Å². The molecule has 0 saturated carbocycles. The average Bonchev–Trinajstić information content (AvgIpc) is 2.91. The van der Waals surface area contributed by atoms with Crippen molar-refractivity contribution in [2.45, 2.75) is 0 Å². The zero-order valence-corrected chi connectivity index (χ0v) is 9.20. The Morgan fingerprint density at radius 1 is 1.22 bits per heavy atom. The zero-order valence-electron chi connectivity index (χ0n) is 9.20.